The van der Waals surface area contributed by atoms with E-state index in [-0.39, 0.29) is 11.9 Å². The number of aromatic nitrogens is 5. The molecule has 0 aliphatic carbocycles. The molecule has 0 spiro atoms. The third-order valence-corrected chi connectivity index (χ3v) is 5.70. The van der Waals surface area contributed by atoms with E-state index in [4.69, 9.17) is 0 Å². The normalized spacial score (nSPS) is 12.2. The van der Waals surface area contributed by atoms with Gasteiger partial charge in [-0.3, -0.25) is 14.2 Å². The van der Waals surface area contributed by atoms with E-state index < -0.39 is 0 Å². The van der Waals surface area contributed by atoms with Gasteiger partial charge in [-0.25, -0.2) is 0 Å². The molecular formula is C25H24N6O. The van der Waals surface area contributed by atoms with Gasteiger partial charge in [-0.2, -0.15) is 10.2 Å². The first-order valence-corrected chi connectivity index (χ1v) is 10.5. The molecule has 2 N–H and O–H groups in total. The number of benzene rings is 2. The molecule has 3 heterocycles. The maximum Gasteiger partial charge on any atom is 0.251 e. The van der Waals surface area contributed by atoms with Crippen LogP contribution >= 0.6 is 0 Å². The standard InChI is InChI=1S/C25H24N6O/c1-16(29-25(32)18-5-4-17-6-7-26-24(17)11-18)19-8-20(22-12-27-30(2)14-22)10-21(9-19)23-13-28-31(3)15-23/h4-16,26H,1-3H3,(H,29,32)/t16-/m1/s1. The predicted octanol–water partition coefficient (Wildman–Crippen LogP) is 4.46. The van der Waals surface area contributed by atoms with Crippen molar-refractivity contribution in [1.29, 1.82) is 0 Å². The number of aromatic amines is 1. The topological polar surface area (TPSA) is 80.5 Å². The molecule has 32 heavy (non-hydrogen) atoms. The average molecular weight is 425 g/mol. The third-order valence-electron chi connectivity index (χ3n) is 5.70. The van der Waals surface area contributed by atoms with Gasteiger partial charge in [0.05, 0.1) is 18.4 Å². The fourth-order valence-corrected chi connectivity index (χ4v) is 3.93. The second kappa shape index (κ2) is 7.85. The van der Waals surface area contributed by atoms with Crippen molar-refractivity contribution in [2.75, 3.05) is 0 Å². The Labute approximate surface area is 185 Å². The Balaban J connectivity index is 1.48. The Bertz CT molecular complexity index is 1360. The van der Waals surface area contributed by atoms with Crippen LogP contribution in [0.25, 0.3) is 33.2 Å². The highest BCUT2D eigenvalue weighted by Crippen LogP contribution is 2.30. The first-order valence-electron chi connectivity index (χ1n) is 10.5. The molecule has 7 heteroatoms. The number of fused-ring (bicyclic) bond motifs is 1. The number of carbonyl (C=O) groups excluding carboxylic acids is 1. The Morgan fingerprint density at radius 1 is 0.906 bits per heavy atom. The van der Waals surface area contributed by atoms with Crippen LogP contribution in [0.15, 0.2) is 73.4 Å². The van der Waals surface area contributed by atoms with Crippen LogP contribution < -0.4 is 5.32 Å². The largest absolute Gasteiger partial charge is 0.361 e. The minimum atomic E-state index is -0.186. The lowest BCUT2D eigenvalue weighted by Gasteiger charge is -2.17. The molecule has 0 bridgehead atoms. The van der Waals surface area contributed by atoms with Crippen molar-refractivity contribution in [2.45, 2.75) is 13.0 Å². The van der Waals surface area contributed by atoms with Gasteiger partial charge in [-0.05, 0) is 65.4 Å². The molecule has 1 atom stereocenters. The maximum atomic E-state index is 13.0. The van der Waals surface area contributed by atoms with E-state index in [0.29, 0.717) is 5.56 Å². The van der Waals surface area contributed by atoms with Crippen molar-refractivity contribution >= 4 is 16.8 Å². The van der Waals surface area contributed by atoms with Gasteiger partial charge in [0.25, 0.3) is 5.91 Å². The number of H-pyrrole nitrogens is 1. The Morgan fingerprint density at radius 3 is 2.16 bits per heavy atom. The van der Waals surface area contributed by atoms with E-state index in [0.717, 1.165) is 38.7 Å². The Kier molecular flexibility index (Phi) is 4.86. The molecule has 0 unspecified atom stereocenters. The van der Waals surface area contributed by atoms with Crippen molar-refractivity contribution in [2.24, 2.45) is 14.1 Å². The third kappa shape index (κ3) is 3.80. The van der Waals surface area contributed by atoms with Gasteiger partial charge >= 0.3 is 0 Å². The quantitative estimate of drug-likeness (QED) is 0.437. The van der Waals surface area contributed by atoms with Crippen LogP contribution in [0.3, 0.4) is 0 Å². The molecule has 1 amide bonds. The van der Waals surface area contributed by atoms with Crippen LogP contribution in [-0.2, 0) is 14.1 Å². The van der Waals surface area contributed by atoms with Gasteiger partial charge in [0.1, 0.15) is 0 Å². The van der Waals surface area contributed by atoms with Gasteiger partial charge in [0.15, 0.2) is 0 Å². The van der Waals surface area contributed by atoms with Crippen molar-refractivity contribution in [3.63, 3.8) is 0 Å². The summed E-state index contributed by atoms with van der Waals surface area (Å²) in [4.78, 5) is 16.1. The summed E-state index contributed by atoms with van der Waals surface area (Å²) in [5.74, 6) is -0.108. The van der Waals surface area contributed by atoms with Crippen LogP contribution in [0, 0.1) is 0 Å². The highest BCUT2D eigenvalue weighted by molar-refractivity contribution is 5.98. The lowest BCUT2D eigenvalue weighted by molar-refractivity contribution is 0.0940. The molecule has 2 aromatic carbocycles. The molecule has 5 aromatic rings. The maximum absolute atomic E-state index is 13.0. The van der Waals surface area contributed by atoms with E-state index in [2.05, 4.69) is 38.7 Å². The number of aryl methyl sites for hydroxylation is 2. The minimum Gasteiger partial charge on any atom is -0.361 e. The fourth-order valence-electron chi connectivity index (χ4n) is 3.93. The molecule has 7 nitrogen and oxygen atoms in total. The molecule has 160 valence electrons. The van der Waals surface area contributed by atoms with Gasteiger partial charge in [-0.15, -0.1) is 0 Å². The summed E-state index contributed by atoms with van der Waals surface area (Å²) in [7, 11) is 3.80. The zero-order valence-corrected chi connectivity index (χ0v) is 18.2. The summed E-state index contributed by atoms with van der Waals surface area (Å²) in [6, 6.07) is 13.8. The van der Waals surface area contributed by atoms with Crippen molar-refractivity contribution < 1.29 is 4.79 Å². The Hall–Kier alpha value is -4.13. The zero-order chi connectivity index (χ0) is 22.2. The summed E-state index contributed by atoms with van der Waals surface area (Å²) in [5, 5.41) is 12.8. The molecule has 3 aromatic heterocycles. The SMILES string of the molecule is C[C@@H](NC(=O)c1ccc2cc[nH]c2c1)c1cc(-c2cnn(C)c2)cc(-c2cnn(C)c2)c1. The molecule has 5 rings (SSSR count). The predicted molar refractivity (Wildman–Crippen MR) is 125 cm³/mol. The molecule has 0 radical (unpaired) electrons. The number of hydrogen-bond donors (Lipinski definition) is 2. The molecule has 0 aliphatic heterocycles. The summed E-state index contributed by atoms with van der Waals surface area (Å²) in [6.45, 7) is 2.00. The minimum absolute atomic E-state index is 0.108. The van der Waals surface area contributed by atoms with Crippen molar-refractivity contribution in [3.8, 4) is 22.3 Å². The summed E-state index contributed by atoms with van der Waals surface area (Å²) < 4.78 is 3.57. The van der Waals surface area contributed by atoms with Crippen LogP contribution in [0.4, 0.5) is 0 Å². The van der Waals surface area contributed by atoms with Crippen LogP contribution in [0.1, 0.15) is 28.9 Å². The second-order valence-electron chi connectivity index (χ2n) is 8.12. The smallest absolute Gasteiger partial charge is 0.251 e. The monoisotopic (exact) mass is 424 g/mol. The number of amides is 1. The number of rotatable bonds is 5. The van der Waals surface area contributed by atoms with E-state index in [1.165, 1.54) is 0 Å². The van der Waals surface area contributed by atoms with Crippen LogP contribution in [0.2, 0.25) is 0 Å². The molecule has 0 fully saturated rings. The van der Waals surface area contributed by atoms with E-state index in [1.54, 1.807) is 9.36 Å². The van der Waals surface area contributed by atoms with Gasteiger partial charge in [-0.1, -0.05) is 6.07 Å². The number of carbonyl (C=O) groups is 1. The average Bonchev–Trinajstić information content (AvgIpc) is 3.53. The summed E-state index contributed by atoms with van der Waals surface area (Å²) in [5.41, 5.74) is 6.72. The Morgan fingerprint density at radius 2 is 1.56 bits per heavy atom. The highest BCUT2D eigenvalue weighted by atomic mass is 16.1. The molecule has 0 saturated heterocycles. The first kappa shape index (κ1) is 19.8. The number of nitrogens with zero attached hydrogens (tertiary/aromatic N) is 4. The summed E-state index contributed by atoms with van der Waals surface area (Å²) >= 11 is 0. The van der Waals surface area contributed by atoms with Gasteiger partial charge < -0.3 is 10.3 Å². The lowest BCUT2D eigenvalue weighted by atomic mass is 9.96. The van der Waals surface area contributed by atoms with E-state index in [9.17, 15) is 4.79 Å². The number of hydrogen-bond acceptors (Lipinski definition) is 3. The lowest BCUT2D eigenvalue weighted by Crippen LogP contribution is -2.26. The number of nitrogens with one attached hydrogen (secondary N) is 2. The molecule has 0 saturated carbocycles. The van der Waals surface area contributed by atoms with Gasteiger partial charge in [0, 0.05) is 54.9 Å². The zero-order valence-electron chi connectivity index (χ0n) is 18.2. The molecule has 0 aliphatic rings. The first-order chi connectivity index (χ1) is 15.5. The summed E-state index contributed by atoms with van der Waals surface area (Å²) in [6.07, 6.45) is 9.54. The van der Waals surface area contributed by atoms with Crippen LogP contribution in [0.5, 0.6) is 0 Å². The van der Waals surface area contributed by atoms with Crippen LogP contribution in [-0.4, -0.2) is 30.5 Å². The highest BCUT2D eigenvalue weighted by Gasteiger charge is 2.16. The molecular weight excluding hydrogens is 400 g/mol. The van der Waals surface area contributed by atoms with Crippen molar-refractivity contribution in [1.82, 2.24) is 29.9 Å². The van der Waals surface area contributed by atoms with Gasteiger partial charge in [0.2, 0.25) is 0 Å². The fraction of sp³-hybridized carbons (Fsp3) is 0.160. The second-order valence-corrected chi connectivity index (χ2v) is 8.12. The van der Waals surface area contributed by atoms with E-state index in [1.807, 2.05) is 76.3 Å². The van der Waals surface area contributed by atoms with E-state index >= 15 is 0 Å². The van der Waals surface area contributed by atoms with Crippen molar-refractivity contribution in [3.05, 3.63) is 84.6 Å².